The summed E-state index contributed by atoms with van der Waals surface area (Å²) in [4.78, 5) is 0. The van der Waals surface area contributed by atoms with Gasteiger partial charge in [0, 0.05) is 6.04 Å². The maximum absolute atomic E-state index is 3.66. The first-order valence-electron chi connectivity index (χ1n) is 5.68. The largest absolute Gasteiger partial charge is 0.310 e. The van der Waals surface area contributed by atoms with E-state index in [9.17, 15) is 0 Å². The molecule has 2 aliphatic rings. The zero-order valence-corrected chi connectivity index (χ0v) is 8.72. The number of fused-ring (bicyclic) bond motifs is 3. The minimum absolute atomic E-state index is 0.665. The fraction of sp³-hybridized carbons (Fsp3) is 0.538. The Morgan fingerprint density at radius 1 is 1.36 bits per heavy atom. The fourth-order valence-electron chi connectivity index (χ4n) is 3.10. The number of benzene rings is 1. The molecule has 2 atom stereocenters. The van der Waals surface area contributed by atoms with Crippen LogP contribution in [0.1, 0.15) is 35.6 Å². The number of hydrogen-bond donors (Lipinski definition) is 1. The Hall–Kier alpha value is -0.820. The van der Waals surface area contributed by atoms with Crippen LogP contribution in [0.5, 0.6) is 0 Å². The van der Waals surface area contributed by atoms with E-state index >= 15 is 0 Å². The molecule has 1 aromatic carbocycles. The van der Waals surface area contributed by atoms with Crippen LogP contribution in [0.2, 0.25) is 0 Å². The van der Waals surface area contributed by atoms with Crippen LogP contribution in [0.15, 0.2) is 18.2 Å². The molecular formula is C13H17N. The van der Waals surface area contributed by atoms with Gasteiger partial charge >= 0.3 is 0 Å². The quantitative estimate of drug-likeness (QED) is 0.658. The van der Waals surface area contributed by atoms with Gasteiger partial charge in [-0.3, -0.25) is 0 Å². The average Bonchev–Trinajstić information content (AvgIpc) is 2.59. The van der Waals surface area contributed by atoms with Gasteiger partial charge in [0.15, 0.2) is 0 Å². The number of hydrogen-bond acceptors (Lipinski definition) is 1. The second kappa shape index (κ2) is 3.09. The molecule has 0 amide bonds. The van der Waals surface area contributed by atoms with Crippen LogP contribution in [0.25, 0.3) is 0 Å². The summed E-state index contributed by atoms with van der Waals surface area (Å²) in [6.07, 6.45) is 4.07. The molecule has 0 bridgehead atoms. The Morgan fingerprint density at radius 3 is 3.21 bits per heavy atom. The van der Waals surface area contributed by atoms with Gasteiger partial charge in [0.1, 0.15) is 0 Å². The zero-order valence-electron chi connectivity index (χ0n) is 8.72. The molecule has 1 saturated heterocycles. The molecule has 1 heterocycles. The van der Waals surface area contributed by atoms with Crippen molar-refractivity contribution in [1.29, 1.82) is 0 Å². The first kappa shape index (κ1) is 8.49. The molecule has 0 radical (unpaired) electrons. The van der Waals surface area contributed by atoms with Crippen LogP contribution in [0.3, 0.4) is 0 Å². The molecule has 1 aromatic rings. The highest BCUT2D eigenvalue weighted by Gasteiger charge is 2.34. The van der Waals surface area contributed by atoms with E-state index in [2.05, 4.69) is 30.4 Å². The van der Waals surface area contributed by atoms with E-state index in [0.717, 1.165) is 5.92 Å². The van der Waals surface area contributed by atoms with Gasteiger partial charge in [0.05, 0.1) is 0 Å². The van der Waals surface area contributed by atoms with Crippen molar-refractivity contribution < 1.29 is 0 Å². The van der Waals surface area contributed by atoms with E-state index < -0.39 is 0 Å². The summed E-state index contributed by atoms with van der Waals surface area (Å²) in [7, 11) is 0. The lowest BCUT2D eigenvalue weighted by Crippen LogP contribution is -2.31. The first-order chi connectivity index (χ1) is 6.86. The molecule has 14 heavy (non-hydrogen) atoms. The molecular weight excluding hydrogens is 170 g/mol. The van der Waals surface area contributed by atoms with E-state index in [0.29, 0.717) is 6.04 Å². The molecule has 1 nitrogen and oxygen atoms in total. The summed E-state index contributed by atoms with van der Waals surface area (Å²) in [6, 6.07) is 7.42. The van der Waals surface area contributed by atoms with Gasteiger partial charge in [-0.2, -0.15) is 0 Å². The third-order valence-corrected chi connectivity index (χ3v) is 3.84. The highest BCUT2D eigenvalue weighted by atomic mass is 14.9. The number of piperidine rings is 1. The van der Waals surface area contributed by atoms with Crippen LogP contribution >= 0.6 is 0 Å². The Morgan fingerprint density at radius 2 is 2.29 bits per heavy atom. The molecule has 3 rings (SSSR count). The monoisotopic (exact) mass is 187 g/mol. The summed E-state index contributed by atoms with van der Waals surface area (Å²) in [5.41, 5.74) is 4.69. The molecule has 1 aliphatic carbocycles. The van der Waals surface area contributed by atoms with Gasteiger partial charge in [-0.05, 0) is 55.3 Å². The number of rotatable bonds is 0. The normalized spacial score (nSPS) is 29.8. The standard InChI is InChI=1S/C13H17N/c1-9-4-2-6-11-12(9)8-10-5-3-7-14-13(10)11/h2,4,6,10,13-14H,3,5,7-8H2,1H3. The van der Waals surface area contributed by atoms with Crippen molar-refractivity contribution in [3.05, 3.63) is 34.9 Å². The van der Waals surface area contributed by atoms with Gasteiger partial charge in [0.2, 0.25) is 0 Å². The van der Waals surface area contributed by atoms with Crippen molar-refractivity contribution in [2.75, 3.05) is 6.54 Å². The Bertz CT molecular complexity index is 356. The van der Waals surface area contributed by atoms with Gasteiger partial charge in [0.25, 0.3) is 0 Å². The molecule has 2 unspecified atom stereocenters. The number of nitrogens with one attached hydrogen (secondary N) is 1. The molecule has 1 N–H and O–H groups in total. The highest BCUT2D eigenvalue weighted by molar-refractivity contribution is 5.41. The second-order valence-corrected chi connectivity index (χ2v) is 4.68. The minimum atomic E-state index is 0.665. The van der Waals surface area contributed by atoms with Crippen molar-refractivity contribution in [3.8, 4) is 0 Å². The summed E-state index contributed by atoms with van der Waals surface area (Å²) >= 11 is 0. The fourth-order valence-corrected chi connectivity index (χ4v) is 3.10. The molecule has 1 heteroatoms. The van der Waals surface area contributed by atoms with E-state index in [-0.39, 0.29) is 0 Å². The molecule has 0 spiro atoms. The van der Waals surface area contributed by atoms with E-state index in [1.807, 2.05) is 0 Å². The Balaban J connectivity index is 2.05. The van der Waals surface area contributed by atoms with Crippen molar-refractivity contribution in [3.63, 3.8) is 0 Å². The zero-order chi connectivity index (χ0) is 9.54. The van der Waals surface area contributed by atoms with Gasteiger partial charge in [-0.1, -0.05) is 18.2 Å². The van der Waals surface area contributed by atoms with Crippen LogP contribution in [0.4, 0.5) is 0 Å². The predicted molar refractivity (Wildman–Crippen MR) is 58.4 cm³/mol. The SMILES string of the molecule is Cc1cccc2c1CC1CCCNC21. The van der Waals surface area contributed by atoms with Crippen LogP contribution in [-0.2, 0) is 6.42 Å². The summed E-state index contributed by atoms with van der Waals surface area (Å²) in [6.45, 7) is 3.45. The summed E-state index contributed by atoms with van der Waals surface area (Å²) < 4.78 is 0. The van der Waals surface area contributed by atoms with Gasteiger partial charge < -0.3 is 5.32 Å². The van der Waals surface area contributed by atoms with Crippen molar-refractivity contribution in [2.24, 2.45) is 5.92 Å². The lowest BCUT2D eigenvalue weighted by Gasteiger charge is -2.27. The molecule has 74 valence electrons. The van der Waals surface area contributed by atoms with Crippen LogP contribution in [0, 0.1) is 12.8 Å². The lowest BCUT2D eigenvalue weighted by atomic mass is 9.92. The van der Waals surface area contributed by atoms with E-state index in [4.69, 9.17) is 0 Å². The second-order valence-electron chi connectivity index (χ2n) is 4.68. The van der Waals surface area contributed by atoms with Crippen molar-refractivity contribution in [1.82, 2.24) is 5.32 Å². The van der Waals surface area contributed by atoms with Crippen molar-refractivity contribution in [2.45, 2.75) is 32.2 Å². The maximum atomic E-state index is 3.66. The minimum Gasteiger partial charge on any atom is -0.310 e. The maximum Gasteiger partial charge on any atom is 0.0354 e. The smallest absolute Gasteiger partial charge is 0.0354 e. The van der Waals surface area contributed by atoms with E-state index in [1.54, 1.807) is 11.1 Å². The molecule has 0 saturated carbocycles. The summed E-state index contributed by atoms with van der Waals surface area (Å²) in [5.74, 6) is 0.875. The Labute approximate surface area is 85.5 Å². The van der Waals surface area contributed by atoms with E-state index in [1.165, 1.54) is 31.4 Å². The average molecular weight is 187 g/mol. The van der Waals surface area contributed by atoms with Crippen LogP contribution < -0.4 is 5.32 Å². The first-order valence-corrected chi connectivity index (χ1v) is 5.68. The topological polar surface area (TPSA) is 12.0 Å². The molecule has 0 aromatic heterocycles. The highest BCUT2D eigenvalue weighted by Crippen LogP contribution is 2.41. The Kier molecular flexibility index (Phi) is 1.88. The van der Waals surface area contributed by atoms with Crippen molar-refractivity contribution >= 4 is 0 Å². The third-order valence-electron chi connectivity index (χ3n) is 3.84. The predicted octanol–water partition coefficient (Wildman–Crippen LogP) is 2.59. The lowest BCUT2D eigenvalue weighted by molar-refractivity contribution is 0.307. The number of aryl methyl sites for hydroxylation is 1. The summed E-state index contributed by atoms with van der Waals surface area (Å²) in [5, 5.41) is 3.66. The third kappa shape index (κ3) is 1.12. The van der Waals surface area contributed by atoms with Crippen LogP contribution in [-0.4, -0.2) is 6.54 Å². The molecule has 1 fully saturated rings. The van der Waals surface area contributed by atoms with Gasteiger partial charge in [-0.15, -0.1) is 0 Å². The molecule has 1 aliphatic heterocycles. The van der Waals surface area contributed by atoms with Gasteiger partial charge in [-0.25, -0.2) is 0 Å².